The number of rotatable bonds is 7. The molecule has 0 unspecified atom stereocenters. The number of halogens is 1. The molecule has 0 bridgehead atoms. The Balaban J connectivity index is 3.13. The molecule has 1 rings (SSSR count). The Labute approximate surface area is 122 Å². The van der Waals surface area contributed by atoms with Gasteiger partial charge in [0.05, 0.1) is 0 Å². The van der Waals surface area contributed by atoms with Gasteiger partial charge in [0.2, 0.25) is 10.0 Å². The number of hydrogen-bond acceptors (Lipinski definition) is 4. The molecule has 0 saturated carbocycles. The van der Waals surface area contributed by atoms with Gasteiger partial charge in [0.15, 0.2) is 4.67 Å². The summed E-state index contributed by atoms with van der Waals surface area (Å²) in [6.07, 6.45) is 2.13. The molecular formula is C12H20BrNO4S. The molecule has 0 amide bonds. The van der Waals surface area contributed by atoms with Crippen LogP contribution in [0.15, 0.2) is 20.0 Å². The average molecular weight is 354 g/mol. The lowest BCUT2D eigenvalue weighted by Gasteiger charge is -2.31. The fourth-order valence-electron chi connectivity index (χ4n) is 1.97. The minimum absolute atomic E-state index is 0.0243. The first-order valence-corrected chi connectivity index (χ1v) is 8.54. The van der Waals surface area contributed by atoms with E-state index >= 15 is 0 Å². The predicted molar refractivity (Wildman–Crippen MR) is 76.3 cm³/mol. The van der Waals surface area contributed by atoms with Crippen LogP contribution in [0.5, 0.6) is 0 Å². The molecule has 19 heavy (non-hydrogen) atoms. The Morgan fingerprint density at radius 2 is 1.84 bits per heavy atom. The molecule has 0 fully saturated rings. The van der Waals surface area contributed by atoms with E-state index in [0.717, 1.165) is 0 Å². The van der Waals surface area contributed by atoms with Crippen molar-refractivity contribution in [3.05, 3.63) is 16.5 Å². The lowest BCUT2D eigenvalue weighted by atomic mass is 9.91. The van der Waals surface area contributed by atoms with Crippen molar-refractivity contribution >= 4 is 26.0 Å². The molecule has 1 aromatic heterocycles. The van der Waals surface area contributed by atoms with Crippen molar-refractivity contribution in [2.45, 2.75) is 57.1 Å². The van der Waals surface area contributed by atoms with Crippen LogP contribution in [0.2, 0.25) is 0 Å². The van der Waals surface area contributed by atoms with Crippen molar-refractivity contribution < 1.29 is 17.9 Å². The molecule has 5 nitrogen and oxygen atoms in total. The third-order valence-electron chi connectivity index (χ3n) is 3.53. The largest absolute Gasteiger partial charge is 0.450 e. The van der Waals surface area contributed by atoms with Crippen LogP contribution < -0.4 is 4.72 Å². The van der Waals surface area contributed by atoms with Gasteiger partial charge in [0.1, 0.15) is 17.3 Å². The molecular weight excluding hydrogens is 334 g/mol. The smallest absolute Gasteiger partial charge is 0.245 e. The second-order valence-corrected chi connectivity index (χ2v) is 6.83. The van der Waals surface area contributed by atoms with Crippen LogP contribution in [0.3, 0.4) is 0 Å². The van der Waals surface area contributed by atoms with Gasteiger partial charge in [-0.1, -0.05) is 20.8 Å². The van der Waals surface area contributed by atoms with Crippen LogP contribution in [0, 0.1) is 0 Å². The normalized spacial score (nSPS) is 12.9. The summed E-state index contributed by atoms with van der Waals surface area (Å²) in [5.41, 5.74) is -0.449. The maximum Gasteiger partial charge on any atom is 0.245 e. The first kappa shape index (κ1) is 16.7. The Bertz CT molecular complexity index is 512. The molecule has 0 saturated heterocycles. The average Bonchev–Trinajstić information content (AvgIpc) is 2.78. The first-order valence-electron chi connectivity index (χ1n) is 6.27. The summed E-state index contributed by atoms with van der Waals surface area (Å²) in [7, 11) is -3.68. The van der Waals surface area contributed by atoms with Crippen molar-refractivity contribution in [3.63, 3.8) is 0 Å². The van der Waals surface area contributed by atoms with Crippen molar-refractivity contribution in [1.29, 1.82) is 0 Å². The Hall–Kier alpha value is -0.370. The van der Waals surface area contributed by atoms with Gasteiger partial charge in [-0.15, -0.1) is 0 Å². The third-order valence-corrected chi connectivity index (χ3v) is 5.97. The van der Waals surface area contributed by atoms with Crippen molar-refractivity contribution in [3.8, 4) is 0 Å². The van der Waals surface area contributed by atoms with Crippen LogP contribution in [-0.2, 0) is 16.6 Å². The zero-order chi connectivity index (χ0) is 14.7. The first-order chi connectivity index (χ1) is 8.84. The quantitative estimate of drug-likeness (QED) is 0.789. The van der Waals surface area contributed by atoms with Gasteiger partial charge >= 0.3 is 0 Å². The number of furan rings is 1. The standard InChI is InChI=1S/C12H20BrNO4S/c1-4-12(5-2,6-3)14-19(16,17)10-7-9(8-15)18-11(10)13/h7,14-15H,4-6,8H2,1-3H3. The minimum Gasteiger partial charge on any atom is -0.450 e. The zero-order valence-corrected chi connectivity index (χ0v) is 13.8. The van der Waals surface area contributed by atoms with E-state index in [0.29, 0.717) is 19.3 Å². The van der Waals surface area contributed by atoms with E-state index in [4.69, 9.17) is 9.52 Å². The summed E-state index contributed by atoms with van der Waals surface area (Å²) in [5.74, 6) is 0.211. The molecule has 0 spiro atoms. The molecule has 0 aliphatic heterocycles. The highest BCUT2D eigenvalue weighted by molar-refractivity contribution is 9.10. The van der Waals surface area contributed by atoms with E-state index in [1.165, 1.54) is 6.07 Å². The summed E-state index contributed by atoms with van der Waals surface area (Å²) in [4.78, 5) is 0.0243. The molecule has 0 aromatic carbocycles. The minimum atomic E-state index is -3.68. The highest BCUT2D eigenvalue weighted by atomic mass is 79.9. The number of aliphatic hydroxyl groups excluding tert-OH is 1. The van der Waals surface area contributed by atoms with E-state index in [1.54, 1.807) is 0 Å². The van der Waals surface area contributed by atoms with Crippen LogP contribution >= 0.6 is 15.9 Å². The number of hydrogen-bond donors (Lipinski definition) is 2. The summed E-state index contributed by atoms with van der Waals surface area (Å²) in [6.45, 7) is 5.53. The number of nitrogens with one attached hydrogen (secondary N) is 1. The van der Waals surface area contributed by atoms with Gasteiger partial charge in [0.25, 0.3) is 0 Å². The predicted octanol–water partition coefficient (Wildman–Crippen LogP) is 2.78. The van der Waals surface area contributed by atoms with Gasteiger partial charge in [-0.05, 0) is 35.2 Å². The van der Waals surface area contributed by atoms with E-state index in [-0.39, 0.29) is 21.9 Å². The lowest BCUT2D eigenvalue weighted by molar-refractivity contribution is 0.245. The number of sulfonamides is 1. The van der Waals surface area contributed by atoms with Gasteiger partial charge in [-0.2, -0.15) is 0 Å². The third kappa shape index (κ3) is 3.59. The molecule has 1 heterocycles. The second kappa shape index (κ2) is 6.39. The SMILES string of the molecule is CCC(CC)(CC)NS(=O)(=O)c1cc(CO)oc1Br. The Kier molecular flexibility index (Phi) is 5.61. The Morgan fingerprint density at radius 3 is 2.21 bits per heavy atom. The molecule has 2 N–H and O–H groups in total. The summed E-state index contributed by atoms with van der Waals surface area (Å²) < 4.78 is 32.8. The van der Waals surface area contributed by atoms with Gasteiger partial charge in [0, 0.05) is 11.6 Å². The van der Waals surface area contributed by atoms with E-state index < -0.39 is 15.6 Å². The highest BCUT2D eigenvalue weighted by Crippen LogP contribution is 2.29. The molecule has 0 atom stereocenters. The fraction of sp³-hybridized carbons (Fsp3) is 0.667. The Morgan fingerprint density at radius 1 is 1.32 bits per heavy atom. The molecule has 7 heteroatoms. The molecule has 1 aromatic rings. The van der Waals surface area contributed by atoms with Gasteiger partial charge < -0.3 is 9.52 Å². The summed E-state index contributed by atoms with van der Waals surface area (Å²) in [6, 6.07) is 1.33. The van der Waals surface area contributed by atoms with Crippen molar-refractivity contribution in [2.24, 2.45) is 0 Å². The van der Waals surface area contributed by atoms with Crippen LogP contribution in [0.25, 0.3) is 0 Å². The highest BCUT2D eigenvalue weighted by Gasteiger charge is 2.32. The molecule has 110 valence electrons. The molecule has 0 aliphatic rings. The van der Waals surface area contributed by atoms with Gasteiger partial charge in [-0.3, -0.25) is 0 Å². The van der Waals surface area contributed by atoms with Crippen molar-refractivity contribution in [1.82, 2.24) is 4.72 Å². The summed E-state index contributed by atoms with van der Waals surface area (Å²) in [5, 5.41) is 8.98. The van der Waals surface area contributed by atoms with Gasteiger partial charge in [-0.25, -0.2) is 13.1 Å². The van der Waals surface area contributed by atoms with Crippen LogP contribution in [-0.4, -0.2) is 19.1 Å². The van der Waals surface area contributed by atoms with Crippen LogP contribution in [0.4, 0.5) is 0 Å². The molecule has 0 aliphatic carbocycles. The topological polar surface area (TPSA) is 79.5 Å². The second-order valence-electron chi connectivity index (χ2n) is 4.46. The van der Waals surface area contributed by atoms with E-state index in [2.05, 4.69) is 20.7 Å². The van der Waals surface area contributed by atoms with Crippen LogP contribution in [0.1, 0.15) is 45.8 Å². The fourth-order valence-corrected chi connectivity index (χ4v) is 4.58. The van der Waals surface area contributed by atoms with Crippen molar-refractivity contribution in [2.75, 3.05) is 0 Å². The maximum atomic E-state index is 12.4. The monoisotopic (exact) mass is 353 g/mol. The van der Waals surface area contributed by atoms with E-state index in [9.17, 15) is 8.42 Å². The maximum absolute atomic E-state index is 12.4. The lowest BCUT2D eigenvalue weighted by Crippen LogP contribution is -2.46. The summed E-state index contributed by atoms with van der Waals surface area (Å²) >= 11 is 3.07. The zero-order valence-electron chi connectivity index (χ0n) is 11.4. The van der Waals surface area contributed by atoms with E-state index in [1.807, 2.05) is 20.8 Å². The number of aliphatic hydroxyl groups is 1. The molecule has 0 radical (unpaired) electrons.